The van der Waals surface area contributed by atoms with Gasteiger partial charge < -0.3 is 14.8 Å². The normalized spacial score (nSPS) is 14.0. The highest BCUT2D eigenvalue weighted by molar-refractivity contribution is 6.36. The fraction of sp³-hybridized carbons (Fsp3) is 0. The van der Waals surface area contributed by atoms with Crippen molar-refractivity contribution in [3.63, 3.8) is 0 Å². The third kappa shape index (κ3) is 6.33. The summed E-state index contributed by atoms with van der Waals surface area (Å²) < 4.78 is 11.9. The van der Waals surface area contributed by atoms with E-state index in [0.29, 0.717) is 68.0 Å². The van der Waals surface area contributed by atoms with Crippen molar-refractivity contribution in [3.05, 3.63) is 203 Å². The summed E-state index contributed by atoms with van der Waals surface area (Å²) in [7, 11) is 0. The number of fused-ring (bicyclic) bond motifs is 3. The zero-order valence-electron chi connectivity index (χ0n) is 32.1. The van der Waals surface area contributed by atoms with E-state index in [2.05, 4.69) is 5.32 Å². The van der Waals surface area contributed by atoms with Crippen LogP contribution in [0, 0.1) is 0 Å². The number of imide groups is 3. The molecule has 0 atom stereocenters. The lowest BCUT2D eigenvalue weighted by Crippen LogP contribution is -2.29. The lowest BCUT2D eigenvalue weighted by Gasteiger charge is -2.16. The number of nitrogens with one attached hydrogen (secondary N) is 1. The van der Waals surface area contributed by atoms with Gasteiger partial charge in [0.05, 0.1) is 50.4 Å². The topological polar surface area (TPSA) is 160 Å². The Balaban J connectivity index is 0.753. The van der Waals surface area contributed by atoms with Gasteiger partial charge in [0.25, 0.3) is 41.4 Å². The average molecular weight is 817 g/mol. The maximum Gasteiger partial charge on any atom is 0.266 e. The second-order valence-electron chi connectivity index (χ2n) is 14.4. The van der Waals surface area contributed by atoms with Crippen molar-refractivity contribution in [2.24, 2.45) is 0 Å². The van der Waals surface area contributed by atoms with E-state index in [4.69, 9.17) is 9.47 Å². The SMILES string of the molecule is O=C(Nc1ccc(Oc2ccc(N3C(=O)c4ccccc4C3=O)cc2)cc1)c1ccc2c(c1)C(=O)N(c1ccc(Oc3ccc(N4C(=O)c5ccccc5C4=O)cc3)cc1)C2=O. The first-order valence-electron chi connectivity index (χ1n) is 19.2. The Morgan fingerprint density at radius 1 is 0.355 bits per heavy atom. The number of hydrogen-bond donors (Lipinski definition) is 1. The number of ether oxygens (including phenoxy) is 2. The van der Waals surface area contributed by atoms with Gasteiger partial charge in [-0.2, -0.15) is 0 Å². The van der Waals surface area contributed by atoms with Gasteiger partial charge in [-0.3, -0.25) is 33.6 Å². The van der Waals surface area contributed by atoms with Crippen LogP contribution in [0.2, 0.25) is 0 Å². The quantitative estimate of drug-likeness (QED) is 0.140. The Hall–Kier alpha value is -8.97. The highest BCUT2D eigenvalue weighted by atomic mass is 16.5. The van der Waals surface area contributed by atoms with E-state index >= 15 is 0 Å². The van der Waals surface area contributed by atoms with Crippen molar-refractivity contribution in [1.29, 1.82) is 0 Å². The number of hydrogen-bond acceptors (Lipinski definition) is 9. The number of rotatable bonds is 9. The van der Waals surface area contributed by atoms with Gasteiger partial charge in [0.2, 0.25) is 0 Å². The van der Waals surface area contributed by atoms with Crippen LogP contribution in [0.15, 0.2) is 164 Å². The van der Waals surface area contributed by atoms with Crippen molar-refractivity contribution >= 4 is 64.1 Å². The van der Waals surface area contributed by atoms with Gasteiger partial charge in [-0.05, 0) is 140 Å². The summed E-state index contributed by atoms with van der Waals surface area (Å²) in [6, 6.07) is 43.6. The van der Waals surface area contributed by atoms with Crippen LogP contribution in [0.1, 0.15) is 72.5 Å². The molecular weight excluding hydrogens is 789 g/mol. The minimum Gasteiger partial charge on any atom is -0.457 e. The minimum atomic E-state index is -0.588. The fourth-order valence-corrected chi connectivity index (χ4v) is 7.54. The Bertz CT molecular complexity index is 3000. The maximum atomic E-state index is 13.6. The van der Waals surface area contributed by atoms with Gasteiger partial charge in [-0.1, -0.05) is 24.3 Å². The lowest BCUT2D eigenvalue weighted by atomic mass is 10.1. The van der Waals surface area contributed by atoms with Gasteiger partial charge in [0.1, 0.15) is 23.0 Å². The molecule has 0 fully saturated rings. The van der Waals surface area contributed by atoms with E-state index < -0.39 is 29.5 Å². The molecule has 7 aromatic rings. The molecule has 0 saturated carbocycles. The molecule has 7 aromatic carbocycles. The van der Waals surface area contributed by atoms with Crippen LogP contribution in [0.25, 0.3) is 0 Å². The van der Waals surface area contributed by atoms with E-state index in [0.717, 1.165) is 14.7 Å². The number of anilines is 4. The van der Waals surface area contributed by atoms with Crippen LogP contribution in [0.4, 0.5) is 22.7 Å². The summed E-state index contributed by atoms with van der Waals surface area (Å²) in [5.41, 5.74) is 3.39. The number of amides is 7. The first-order chi connectivity index (χ1) is 30.1. The fourth-order valence-electron chi connectivity index (χ4n) is 7.54. The minimum absolute atomic E-state index is 0.0823. The molecule has 3 heterocycles. The van der Waals surface area contributed by atoms with Crippen LogP contribution in [0.5, 0.6) is 23.0 Å². The highest BCUT2D eigenvalue weighted by Crippen LogP contribution is 2.35. The van der Waals surface area contributed by atoms with Crippen molar-refractivity contribution in [2.75, 3.05) is 20.0 Å². The molecule has 1 N–H and O–H groups in total. The van der Waals surface area contributed by atoms with E-state index in [1.807, 2.05) is 0 Å². The second-order valence-corrected chi connectivity index (χ2v) is 14.4. The van der Waals surface area contributed by atoms with Crippen molar-refractivity contribution in [3.8, 4) is 23.0 Å². The monoisotopic (exact) mass is 816 g/mol. The van der Waals surface area contributed by atoms with Gasteiger partial charge in [0.15, 0.2) is 0 Å². The largest absolute Gasteiger partial charge is 0.457 e. The molecule has 13 nitrogen and oxygen atoms in total. The van der Waals surface area contributed by atoms with Gasteiger partial charge in [0, 0.05) is 11.3 Å². The number of nitrogens with zero attached hydrogens (tertiary/aromatic N) is 3. The molecule has 0 saturated heterocycles. The van der Waals surface area contributed by atoms with E-state index in [1.165, 1.54) is 18.2 Å². The second kappa shape index (κ2) is 14.7. The molecule has 0 radical (unpaired) electrons. The summed E-state index contributed by atoms with van der Waals surface area (Å²) in [5, 5.41) is 2.80. The molecule has 7 amide bonds. The Morgan fingerprint density at radius 3 is 1.02 bits per heavy atom. The van der Waals surface area contributed by atoms with Gasteiger partial charge in [-0.25, -0.2) is 14.7 Å². The Labute approximate surface area is 351 Å². The molecule has 0 bridgehead atoms. The first kappa shape index (κ1) is 37.3. The molecular formula is C49H28N4O9. The summed E-state index contributed by atoms with van der Waals surface area (Å²) in [6.45, 7) is 0. The molecule has 0 aromatic heterocycles. The predicted molar refractivity (Wildman–Crippen MR) is 227 cm³/mol. The Morgan fingerprint density at radius 2 is 0.661 bits per heavy atom. The molecule has 10 rings (SSSR count). The molecule has 0 aliphatic carbocycles. The number of carbonyl (C=O) groups excluding carboxylic acids is 7. The van der Waals surface area contributed by atoms with Gasteiger partial charge >= 0.3 is 0 Å². The van der Waals surface area contributed by atoms with Gasteiger partial charge in [-0.15, -0.1) is 0 Å². The summed E-state index contributed by atoms with van der Waals surface area (Å²) in [4.78, 5) is 94.9. The summed E-state index contributed by atoms with van der Waals surface area (Å²) in [6.07, 6.45) is 0. The van der Waals surface area contributed by atoms with Crippen molar-refractivity contribution in [2.45, 2.75) is 0 Å². The predicted octanol–water partition coefficient (Wildman–Crippen LogP) is 8.93. The third-order valence-electron chi connectivity index (χ3n) is 10.6. The lowest BCUT2D eigenvalue weighted by molar-refractivity contribution is 0.0910. The highest BCUT2D eigenvalue weighted by Gasteiger charge is 2.39. The summed E-state index contributed by atoms with van der Waals surface area (Å²) >= 11 is 0. The molecule has 3 aliphatic heterocycles. The zero-order chi connectivity index (χ0) is 42.6. The van der Waals surface area contributed by atoms with Crippen LogP contribution < -0.4 is 29.5 Å². The first-order valence-corrected chi connectivity index (χ1v) is 19.2. The van der Waals surface area contributed by atoms with Crippen LogP contribution in [-0.4, -0.2) is 41.4 Å². The molecule has 0 unspecified atom stereocenters. The van der Waals surface area contributed by atoms with Crippen molar-refractivity contribution in [1.82, 2.24) is 0 Å². The average Bonchev–Trinajstić information content (AvgIpc) is 3.82. The third-order valence-corrected chi connectivity index (χ3v) is 10.6. The van der Waals surface area contributed by atoms with E-state index in [9.17, 15) is 33.6 Å². The molecule has 3 aliphatic rings. The van der Waals surface area contributed by atoms with E-state index in [1.54, 1.807) is 146 Å². The smallest absolute Gasteiger partial charge is 0.266 e. The molecule has 298 valence electrons. The Kier molecular flexibility index (Phi) is 8.84. The standard InChI is InChI=1S/C49H28N4O9/c54-43(50-29-10-18-33(19-11-29)61-34-20-12-30(13-21-34)51-44(55)37-5-1-2-6-38(37)45(51)56)28-9-26-41-42(27-28)49(60)53(48(41)59)32-16-24-36(25-17-32)62-35-22-14-31(15-23-35)52-46(57)39-7-3-4-8-40(39)47(52)58/h1-27H,(H,50,54). The molecule has 0 spiro atoms. The van der Waals surface area contributed by atoms with Crippen LogP contribution >= 0.6 is 0 Å². The number of carbonyl (C=O) groups is 7. The maximum absolute atomic E-state index is 13.6. The van der Waals surface area contributed by atoms with Crippen molar-refractivity contribution < 1.29 is 43.0 Å². The van der Waals surface area contributed by atoms with E-state index in [-0.39, 0.29) is 28.5 Å². The van der Waals surface area contributed by atoms with Crippen LogP contribution in [0.3, 0.4) is 0 Å². The zero-order valence-corrected chi connectivity index (χ0v) is 32.1. The summed E-state index contributed by atoms with van der Waals surface area (Å²) in [5.74, 6) is -1.43. The van der Waals surface area contributed by atoms with Crippen LogP contribution in [-0.2, 0) is 0 Å². The number of benzene rings is 7. The molecule has 62 heavy (non-hydrogen) atoms. The molecule has 13 heteroatoms.